The van der Waals surface area contributed by atoms with Gasteiger partial charge in [0.1, 0.15) is 11.6 Å². The van der Waals surface area contributed by atoms with Gasteiger partial charge >= 0.3 is 0 Å². The van der Waals surface area contributed by atoms with Gasteiger partial charge in [-0.2, -0.15) is 0 Å². The van der Waals surface area contributed by atoms with Crippen molar-refractivity contribution in [3.8, 4) is 28.0 Å². The number of piperazine rings is 1. The van der Waals surface area contributed by atoms with E-state index in [-0.39, 0.29) is 0 Å². The minimum absolute atomic E-state index is 0.352. The van der Waals surface area contributed by atoms with E-state index in [4.69, 9.17) is 10.5 Å². The lowest BCUT2D eigenvalue weighted by molar-refractivity contribution is 0.415. The van der Waals surface area contributed by atoms with Crippen LogP contribution in [0.5, 0.6) is 5.75 Å². The van der Waals surface area contributed by atoms with Gasteiger partial charge in [0.05, 0.1) is 19.1 Å². The summed E-state index contributed by atoms with van der Waals surface area (Å²) in [6.07, 6.45) is 2.85. The molecule has 0 atom stereocenters. The Kier molecular flexibility index (Phi) is 6.20. The predicted molar refractivity (Wildman–Crippen MR) is 130 cm³/mol. The number of anilines is 3. The largest absolute Gasteiger partial charge is 0.497 e. The zero-order valence-corrected chi connectivity index (χ0v) is 18.9. The van der Waals surface area contributed by atoms with Gasteiger partial charge in [-0.3, -0.25) is 4.72 Å². The van der Waals surface area contributed by atoms with E-state index in [2.05, 4.69) is 44.2 Å². The van der Waals surface area contributed by atoms with Gasteiger partial charge in [-0.05, 0) is 41.5 Å². The maximum absolute atomic E-state index is 11.7. The SMILES string of the molecule is COc1cc(NS(C)(=O)=O)cc(-c2cc(-c3ccc(N4CCNCC4)cc3)cnc2N)c1. The number of methoxy groups -OCH3 is 1. The lowest BCUT2D eigenvalue weighted by Crippen LogP contribution is -2.43. The summed E-state index contributed by atoms with van der Waals surface area (Å²) >= 11 is 0. The standard InChI is InChI=1S/C23H27N5O3S/c1-31-21-12-17(11-19(14-21)27-32(2,29)30)22-13-18(15-26-23(22)24)16-3-5-20(6-4-16)28-9-7-25-8-10-28/h3-6,11-15,25,27H,7-10H2,1-2H3,(H2,24,26). The van der Waals surface area contributed by atoms with E-state index in [1.807, 2.05) is 6.07 Å². The highest BCUT2D eigenvalue weighted by molar-refractivity contribution is 7.92. The molecule has 0 spiro atoms. The van der Waals surface area contributed by atoms with Crippen molar-refractivity contribution >= 4 is 27.2 Å². The summed E-state index contributed by atoms with van der Waals surface area (Å²) in [5, 5.41) is 3.36. The quantitative estimate of drug-likeness (QED) is 0.526. The third-order valence-corrected chi connectivity index (χ3v) is 5.96. The van der Waals surface area contributed by atoms with Crippen LogP contribution in [0.2, 0.25) is 0 Å². The first-order chi connectivity index (χ1) is 15.3. The molecule has 0 unspecified atom stereocenters. The second-order valence-electron chi connectivity index (χ2n) is 7.77. The van der Waals surface area contributed by atoms with Crippen LogP contribution in [0.25, 0.3) is 22.3 Å². The van der Waals surface area contributed by atoms with E-state index in [0.29, 0.717) is 28.4 Å². The fourth-order valence-corrected chi connectivity index (χ4v) is 4.34. The van der Waals surface area contributed by atoms with E-state index < -0.39 is 10.0 Å². The van der Waals surface area contributed by atoms with Crippen LogP contribution in [0.4, 0.5) is 17.2 Å². The number of sulfonamides is 1. The molecule has 32 heavy (non-hydrogen) atoms. The van der Waals surface area contributed by atoms with Crippen LogP contribution in [0, 0.1) is 0 Å². The summed E-state index contributed by atoms with van der Waals surface area (Å²) in [7, 11) is -1.91. The molecule has 168 valence electrons. The van der Waals surface area contributed by atoms with Gasteiger partial charge in [0.2, 0.25) is 10.0 Å². The highest BCUT2D eigenvalue weighted by Gasteiger charge is 2.13. The van der Waals surface area contributed by atoms with Gasteiger partial charge < -0.3 is 20.7 Å². The van der Waals surface area contributed by atoms with Crippen LogP contribution >= 0.6 is 0 Å². The molecule has 1 saturated heterocycles. The van der Waals surface area contributed by atoms with E-state index in [1.54, 1.807) is 24.4 Å². The fourth-order valence-electron chi connectivity index (χ4n) is 3.80. The summed E-state index contributed by atoms with van der Waals surface area (Å²) in [4.78, 5) is 6.74. The summed E-state index contributed by atoms with van der Waals surface area (Å²) in [5.74, 6) is 0.864. The van der Waals surface area contributed by atoms with Gasteiger partial charge in [-0.1, -0.05) is 12.1 Å². The second kappa shape index (κ2) is 9.05. The van der Waals surface area contributed by atoms with Crippen LogP contribution in [-0.2, 0) is 10.0 Å². The number of aromatic nitrogens is 1. The fraction of sp³-hybridized carbons (Fsp3) is 0.261. The highest BCUT2D eigenvalue weighted by atomic mass is 32.2. The van der Waals surface area contributed by atoms with Crippen molar-refractivity contribution in [1.82, 2.24) is 10.3 Å². The number of nitrogens with two attached hydrogens (primary N) is 1. The van der Waals surface area contributed by atoms with Crippen LogP contribution in [0.15, 0.2) is 54.7 Å². The smallest absolute Gasteiger partial charge is 0.229 e. The number of benzene rings is 2. The van der Waals surface area contributed by atoms with Crippen molar-refractivity contribution in [2.24, 2.45) is 0 Å². The molecule has 9 heteroatoms. The Hall–Kier alpha value is -3.30. The van der Waals surface area contributed by atoms with Gasteiger partial charge in [0.15, 0.2) is 0 Å². The van der Waals surface area contributed by atoms with Crippen LogP contribution < -0.4 is 25.4 Å². The monoisotopic (exact) mass is 453 g/mol. The number of nitrogens with one attached hydrogen (secondary N) is 2. The van der Waals surface area contributed by atoms with Crippen molar-refractivity contribution < 1.29 is 13.2 Å². The first-order valence-corrected chi connectivity index (χ1v) is 12.2. The van der Waals surface area contributed by atoms with Crippen molar-refractivity contribution in [3.63, 3.8) is 0 Å². The molecular formula is C23H27N5O3S. The van der Waals surface area contributed by atoms with E-state index in [0.717, 1.165) is 43.6 Å². The van der Waals surface area contributed by atoms with Crippen molar-refractivity contribution in [2.45, 2.75) is 0 Å². The molecule has 0 saturated carbocycles. The van der Waals surface area contributed by atoms with Gasteiger partial charge in [-0.25, -0.2) is 13.4 Å². The molecule has 1 aliphatic heterocycles. The van der Waals surface area contributed by atoms with Gasteiger partial charge in [0.25, 0.3) is 0 Å². The van der Waals surface area contributed by atoms with E-state index >= 15 is 0 Å². The Bertz CT molecular complexity index is 1210. The second-order valence-corrected chi connectivity index (χ2v) is 9.51. The van der Waals surface area contributed by atoms with E-state index in [1.165, 1.54) is 12.8 Å². The molecule has 1 aromatic heterocycles. The molecular weight excluding hydrogens is 426 g/mol. The summed E-state index contributed by atoms with van der Waals surface area (Å²) in [6.45, 7) is 3.96. The molecule has 0 radical (unpaired) electrons. The first kappa shape index (κ1) is 21.9. The summed E-state index contributed by atoms with van der Waals surface area (Å²) < 4.78 is 31.2. The lowest BCUT2D eigenvalue weighted by atomic mass is 10.00. The molecule has 0 bridgehead atoms. The molecule has 3 aromatic rings. The highest BCUT2D eigenvalue weighted by Crippen LogP contribution is 2.34. The first-order valence-electron chi connectivity index (χ1n) is 10.3. The van der Waals surface area contributed by atoms with Crippen LogP contribution in [0.3, 0.4) is 0 Å². The number of rotatable bonds is 6. The molecule has 2 heterocycles. The maximum atomic E-state index is 11.7. The molecule has 8 nitrogen and oxygen atoms in total. The molecule has 1 aliphatic rings. The minimum Gasteiger partial charge on any atom is -0.497 e. The Morgan fingerprint density at radius 3 is 2.41 bits per heavy atom. The molecule has 4 N–H and O–H groups in total. The normalized spacial score (nSPS) is 14.2. The average molecular weight is 454 g/mol. The molecule has 4 rings (SSSR count). The zero-order chi connectivity index (χ0) is 22.7. The van der Waals surface area contributed by atoms with Crippen LogP contribution in [-0.4, -0.2) is 52.9 Å². The van der Waals surface area contributed by atoms with E-state index in [9.17, 15) is 8.42 Å². The third kappa shape index (κ3) is 5.12. The lowest BCUT2D eigenvalue weighted by Gasteiger charge is -2.29. The van der Waals surface area contributed by atoms with Crippen molar-refractivity contribution in [3.05, 3.63) is 54.7 Å². The topological polar surface area (TPSA) is 110 Å². The van der Waals surface area contributed by atoms with Gasteiger partial charge in [0, 0.05) is 55.3 Å². The predicted octanol–water partition coefficient (Wildman–Crippen LogP) is 2.79. The van der Waals surface area contributed by atoms with Gasteiger partial charge in [-0.15, -0.1) is 0 Å². The number of pyridine rings is 1. The molecule has 1 fully saturated rings. The zero-order valence-electron chi connectivity index (χ0n) is 18.1. The molecule has 0 amide bonds. The number of nitrogen functional groups attached to an aromatic ring is 1. The number of nitrogens with zero attached hydrogens (tertiary/aromatic N) is 2. The van der Waals surface area contributed by atoms with Crippen LogP contribution in [0.1, 0.15) is 0 Å². The van der Waals surface area contributed by atoms with Crippen molar-refractivity contribution in [2.75, 3.05) is 54.9 Å². The number of hydrogen-bond donors (Lipinski definition) is 3. The number of ether oxygens (including phenoxy) is 1. The number of hydrogen-bond acceptors (Lipinski definition) is 7. The Morgan fingerprint density at radius 2 is 1.75 bits per heavy atom. The molecule has 2 aromatic carbocycles. The Balaban J connectivity index is 1.68. The third-order valence-electron chi connectivity index (χ3n) is 5.36. The Labute approximate surface area is 188 Å². The average Bonchev–Trinajstić information content (AvgIpc) is 2.79. The molecule has 0 aliphatic carbocycles. The maximum Gasteiger partial charge on any atom is 0.229 e. The minimum atomic E-state index is -3.44. The Morgan fingerprint density at radius 1 is 1.03 bits per heavy atom. The van der Waals surface area contributed by atoms with Crippen molar-refractivity contribution in [1.29, 1.82) is 0 Å². The summed E-state index contributed by atoms with van der Waals surface area (Å²) in [6, 6.07) is 15.5. The summed E-state index contributed by atoms with van der Waals surface area (Å²) in [5.41, 5.74) is 11.1.